The topological polar surface area (TPSA) is 102 Å². The number of amides is 1. The fraction of sp³-hybridized carbons (Fsp3) is 0.241. The Morgan fingerprint density at radius 3 is 2.77 bits per heavy atom. The highest BCUT2D eigenvalue weighted by Crippen LogP contribution is 2.34. The number of hydrogen-bond acceptors (Lipinski definition) is 8. The molecule has 1 amide bonds. The van der Waals surface area contributed by atoms with E-state index in [1.54, 1.807) is 12.3 Å². The van der Waals surface area contributed by atoms with Crippen molar-refractivity contribution in [3.05, 3.63) is 90.0 Å². The standard InChI is InChI=1S/C29H29ClN6O3/c1-2-28(37)35-26-17-23-25(18-27(26)39-14-11-36-9-12-38-13-10-36)32-19-33-29(23)34-22-7-6-20(24(30)16-22)15-21-5-3-4-8-31-21/h2-8,16-19H,1,9-15H2,(H,35,37)(H,32,33,34). The highest BCUT2D eigenvalue weighted by molar-refractivity contribution is 6.31. The van der Waals surface area contributed by atoms with Crippen LogP contribution in [0.25, 0.3) is 10.9 Å². The van der Waals surface area contributed by atoms with Crippen LogP contribution in [-0.2, 0) is 16.0 Å². The molecule has 0 bridgehead atoms. The third kappa shape index (κ3) is 6.88. The minimum Gasteiger partial charge on any atom is -0.490 e. The highest BCUT2D eigenvalue weighted by atomic mass is 35.5. The number of carbonyl (C=O) groups is 1. The summed E-state index contributed by atoms with van der Waals surface area (Å²) in [7, 11) is 0. The van der Waals surface area contributed by atoms with E-state index in [-0.39, 0.29) is 5.91 Å². The fourth-order valence-electron chi connectivity index (χ4n) is 4.30. The largest absolute Gasteiger partial charge is 0.490 e. The normalized spacial score (nSPS) is 13.7. The molecule has 0 radical (unpaired) electrons. The average Bonchev–Trinajstić information content (AvgIpc) is 2.96. The first-order chi connectivity index (χ1) is 19.1. The number of hydrogen-bond donors (Lipinski definition) is 2. The maximum absolute atomic E-state index is 12.2. The number of aromatic nitrogens is 3. The summed E-state index contributed by atoms with van der Waals surface area (Å²) in [5.41, 5.74) is 3.87. The van der Waals surface area contributed by atoms with Crippen molar-refractivity contribution in [3.63, 3.8) is 0 Å². The Bertz CT molecular complexity index is 1460. The van der Waals surface area contributed by atoms with E-state index in [4.69, 9.17) is 21.1 Å². The lowest BCUT2D eigenvalue weighted by atomic mass is 10.1. The van der Waals surface area contributed by atoms with E-state index in [2.05, 4.69) is 37.1 Å². The van der Waals surface area contributed by atoms with Crippen LogP contribution >= 0.6 is 11.6 Å². The lowest BCUT2D eigenvalue weighted by Gasteiger charge is -2.26. The third-order valence-electron chi connectivity index (χ3n) is 6.36. The first-order valence-electron chi connectivity index (χ1n) is 12.7. The van der Waals surface area contributed by atoms with Crippen molar-refractivity contribution in [1.29, 1.82) is 0 Å². The maximum atomic E-state index is 12.2. The number of ether oxygens (including phenoxy) is 2. The van der Waals surface area contributed by atoms with Crippen LogP contribution in [0.5, 0.6) is 5.75 Å². The highest BCUT2D eigenvalue weighted by Gasteiger charge is 2.15. The molecule has 2 N–H and O–H groups in total. The molecule has 10 heteroatoms. The zero-order valence-corrected chi connectivity index (χ0v) is 22.2. The maximum Gasteiger partial charge on any atom is 0.247 e. The summed E-state index contributed by atoms with van der Waals surface area (Å²) in [4.78, 5) is 27.7. The molecule has 3 heterocycles. The van der Waals surface area contributed by atoms with Gasteiger partial charge in [-0.05, 0) is 42.0 Å². The number of nitrogens with one attached hydrogen (secondary N) is 2. The molecule has 1 fully saturated rings. The quantitative estimate of drug-likeness (QED) is 0.273. The first kappa shape index (κ1) is 26.6. The Morgan fingerprint density at radius 2 is 2.00 bits per heavy atom. The van der Waals surface area contributed by atoms with E-state index < -0.39 is 0 Å². The van der Waals surface area contributed by atoms with Crippen molar-refractivity contribution in [2.24, 2.45) is 0 Å². The monoisotopic (exact) mass is 544 g/mol. The molecule has 1 aliphatic rings. The van der Waals surface area contributed by atoms with Crippen LogP contribution in [0.1, 0.15) is 11.3 Å². The van der Waals surface area contributed by atoms with Crippen LogP contribution in [0.2, 0.25) is 5.02 Å². The number of anilines is 3. The first-order valence-corrected chi connectivity index (χ1v) is 13.1. The molecule has 39 heavy (non-hydrogen) atoms. The van der Waals surface area contributed by atoms with Gasteiger partial charge in [0.25, 0.3) is 0 Å². The van der Waals surface area contributed by atoms with E-state index in [0.29, 0.717) is 46.2 Å². The minimum absolute atomic E-state index is 0.339. The smallest absolute Gasteiger partial charge is 0.247 e. The van der Waals surface area contributed by atoms with Crippen molar-refractivity contribution < 1.29 is 14.3 Å². The van der Waals surface area contributed by atoms with Gasteiger partial charge in [-0.3, -0.25) is 14.7 Å². The number of rotatable bonds is 10. The fourth-order valence-corrected chi connectivity index (χ4v) is 4.54. The molecule has 1 saturated heterocycles. The van der Waals surface area contributed by atoms with Crippen molar-refractivity contribution >= 4 is 45.6 Å². The van der Waals surface area contributed by atoms with Gasteiger partial charge in [-0.15, -0.1) is 0 Å². The van der Waals surface area contributed by atoms with Gasteiger partial charge in [-0.1, -0.05) is 30.3 Å². The van der Waals surface area contributed by atoms with Crippen molar-refractivity contribution in [2.75, 3.05) is 50.1 Å². The van der Waals surface area contributed by atoms with Gasteiger partial charge in [0.05, 0.1) is 24.4 Å². The number of morpholine rings is 1. The van der Waals surface area contributed by atoms with E-state index in [9.17, 15) is 4.79 Å². The predicted octanol–water partition coefficient (Wildman–Crippen LogP) is 4.85. The van der Waals surface area contributed by atoms with Gasteiger partial charge < -0.3 is 20.1 Å². The van der Waals surface area contributed by atoms with Crippen molar-refractivity contribution in [3.8, 4) is 5.75 Å². The van der Waals surface area contributed by atoms with Crippen LogP contribution in [0.15, 0.2) is 73.7 Å². The van der Waals surface area contributed by atoms with Crippen LogP contribution < -0.4 is 15.4 Å². The van der Waals surface area contributed by atoms with Gasteiger partial charge in [0.1, 0.15) is 24.5 Å². The molecule has 0 aliphatic carbocycles. The summed E-state index contributed by atoms with van der Waals surface area (Å²) in [5, 5.41) is 7.52. The van der Waals surface area contributed by atoms with Crippen LogP contribution in [0, 0.1) is 0 Å². The van der Waals surface area contributed by atoms with Gasteiger partial charge in [0.15, 0.2) is 0 Å². The van der Waals surface area contributed by atoms with E-state index in [0.717, 1.165) is 49.8 Å². The van der Waals surface area contributed by atoms with Gasteiger partial charge in [-0.25, -0.2) is 9.97 Å². The summed E-state index contributed by atoms with van der Waals surface area (Å²) in [6.07, 6.45) is 5.11. The number of carbonyl (C=O) groups excluding carboxylic acids is 1. The lowest BCUT2D eigenvalue weighted by molar-refractivity contribution is -0.111. The summed E-state index contributed by atoms with van der Waals surface area (Å²) in [6.45, 7) is 7.97. The molecular formula is C29H29ClN6O3. The lowest BCUT2D eigenvalue weighted by Crippen LogP contribution is -2.38. The summed E-state index contributed by atoms with van der Waals surface area (Å²) >= 11 is 6.60. The molecule has 0 atom stereocenters. The van der Waals surface area contributed by atoms with Crippen LogP contribution in [0.4, 0.5) is 17.2 Å². The Morgan fingerprint density at radius 1 is 1.13 bits per heavy atom. The predicted molar refractivity (Wildman–Crippen MR) is 153 cm³/mol. The molecule has 200 valence electrons. The molecule has 0 saturated carbocycles. The third-order valence-corrected chi connectivity index (χ3v) is 6.71. The molecule has 1 aliphatic heterocycles. The van der Waals surface area contributed by atoms with Gasteiger partial charge in [-0.2, -0.15) is 0 Å². The van der Waals surface area contributed by atoms with Gasteiger partial charge >= 0.3 is 0 Å². The van der Waals surface area contributed by atoms with Gasteiger partial charge in [0, 0.05) is 60.1 Å². The Balaban J connectivity index is 1.37. The molecular weight excluding hydrogens is 516 g/mol. The van der Waals surface area contributed by atoms with Crippen molar-refractivity contribution in [2.45, 2.75) is 6.42 Å². The van der Waals surface area contributed by atoms with E-state index >= 15 is 0 Å². The molecule has 2 aromatic heterocycles. The summed E-state index contributed by atoms with van der Waals surface area (Å²) < 4.78 is 11.5. The summed E-state index contributed by atoms with van der Waals surface area (Å²) in [5.74, 6) is 0.758. The average molecular weight is 545 g/mol. The number of halogens is 1. The molecule has 5 rings (SSSR count). The van der Waals surface area contributed by atoms with Gasteiger partial charge in [0.2, 0.25) is 5.91 Å². The molecule has 4 aromatic rings. The molecule has 0 spiro atoms. The van der Waals surface area contributed by atoms with E-state index in [1.165, 1.54) is 12.4 Å². The summed E-state index contributed by atoms with van der Waals surface area (Å²) in [6, 6.07) is 15.2. The SMILES string of the molecule is C=CC(=O)Nc1cc2c(Nc3ccc(Cc4ccccn4)c(Cl)c3)ncnc2cc1OCCN1CCOCC1. The van der Waals surface area contributed by atoms with Crippen LogP contribution in [0.3, 0.4) is 0 Å². The zero-order chi connectivity index (χ0) is 27.0. The van der Waals surface area contributed by atoms with Crippen molar-refractivity contribution in [1.82, 2.24) is 19.9 Å². The van der Waals surface area contributed by atoms with Crippen LogP contribution in [-0.4, -0.2) is 65.2 Å². The second-order valence-corrected chi connectivity index (χ2v) is 9.42. The molecule has 0 unspecified atom stereocenters. The Kier molecular flexibility index (Phi) is 8.62. The zero-order valence-electron chi connectivity index (χ0n) is 21.4. The number of pyridine rings is 1. The Hall–Kier alpha value is -4.05. The number of benzene rings is 2. The molecule has 2 aromatic carbocycles. The minimum atomic E-state index is -0.339. The van der Waals surface area contributed by atoms with E-state index in [1.807, 2.05) is 42.5 Å². The Labute approximate surface area is 231 Å². The molecule has 9 nitrogen and oxygen atoms in total. The number of nitrogens with zero attached hydrogens (tertiary/aromatic N) is 4. The second-order valence-electron chi connectivity index (χ2n) is 9.01. The second kappa shape index (κ2) is 12.7. The number of fused-ring (bicyclic) bond motifs is 1.